The van der Waals surface area contributed by atoms with E-state index in [9.17, 15) is 0 Å². The molecular weight excluding hydrogens is 290 g/mol. The van der Waals surface area contributed by atoms with E-state index in [1.54, 1.807) is 7.11 Å². The molecule has 1 aromatic rings. The molecule has 0 saturated carbocycles. The summed E-state index contributed by atoms with van der Waals surface area (Å²) in [7, 11) is 1.70. The molecule has 0 aliphatic heterocycles. The molecule has 0 aliphatic rings. The minimum absolute atomic E-state index is 0.207. The SMILES string of the molecule is CCNC(=NCc1cccc(OCC(C)C)c1)NC(C)COC. The van der Waals surface area contributed by atoms with E-state index in [4.69, 9.17) is 9.47 Å². The fraction of sp³-hybridized carbons (Fsp3) is 0.611. The van der Waals surface area contributed by atoms with E-state index >= 15 is 0 Å². The first kappa shape index (κ1) is 19.3. The lowest BCUT2D eigenvalue weighted by atomic mass is 10.2. The van der Waals surface area contributed by atoms with Gasteiger partial charge in [0.25, 0.3) is 0 Å². The molecule has 1 atom stereocenters. The number of nitrogens with one attached hydrogen (secondary N) is 2. The van der Waals surface area contributed by atoms with Crippen molar-refractivity contribution in [1.29, 1.82) is 0 Å². The Morgan fingerprint density at radius 2 is 2.00 bits per heavy atom. The van der Waals surface area contributed by atoms with Gasteiger partial charge < -0.3 is 20.1 Å². The predicted octanol–water partition coefficient (Wildman–Crippen LogP) is 2.81. The molecule has 0 bridgehead atoms. The van der Waals surface area contributed by atoms with Crippen molar-refractivity contribution in [2.45, 2.75) is 40.3 Å². The van der Waals surface area contributed by atoms with E-state index in [2.05, 4.69) is 49.4 Å². The number of ether oxygens (including phenoxy) is 2. The summed E-state index contributed by atoms with van der Waals surface area (Å²) in [6, 6.07) is 8.31. The van der Waals surface area contributed by atoms with Crippen LogP contribution in [0.3, 0.4) is 0 Å². The molecule has 1 rings (SSSR count). The predicted molar refractivity (Wildman–Crippen MR) is 96.1 cm³/mol. The molecule has 0 aliphatic carbocycles. The Labute approximate surface area is 140 Å². The van der Waals surface area contributed by atoms with E-state index in [0.717, 1.165) is 30.4 Å². The number of rotatable bonds is 9. The first-order chi connectivity index (χ1) is 11.0. The molecule has 0 amide bonds. The van der Waals surface area contributed by atoms with Crippen molar-refractivity contribution in [1.82, 2.24) is 10.6 Å². The maximum Gasteiger partial charge on any atom is 0.191 e. The number of nitrogens with zero attached hydrogens (tertiary/aromatic N) is 1. The van der Waals surface area contributed by atoms with Crippen LogP contribution in [0.2, 0.25) is 0 Å². The third kappa shape index (κ3) is 8.45. The van der Waals surface area contributed by atoms with Crippen LogP contribution in [-0.4, -0.2) is 38.9 Å². The highest BCUT2D eigenvalue weighted by atomic mass is 16.5. The fourth-order valence-electron chi connectivity index (χ4n) is 2.01. The number of hydrogen-bond acceptors (Lipinski definition) is 3. The van der Waals surface area contributed by atoms with E-state index in [-0.39, 0.29) is 6.04 Å². The Balaban J connectivity index is 2.65. The minimum atomic E-state index is 0.207. The topological polar surface area (TPSA) is 54.9 Å². The zero-order valence-electron chi connectivity index (χ0n) is 15.1. The summed E-state index contributed by atoms with van der Waals surface area (Å²) in [4.78, 5) is 4.63. The van der Waals surface area contributed by atoms with Crippen molar-refractivity contribution >= 4 is 5.96 Å². The molecule has 2 N–H and O–H groups in total. The Morgan fingerprint density at radius 1 is 1.22 bits per heavy atom. The quantitative estimate of drug-likeness (QED) is 0.542. The summed E-state index contributed by atoms with van der Waals surface area (Å²) in [5.41, 5.74) is 1.13. The normalized spacial score (nSPS) is 13.0. The van der Waals surface area contributed by atoms with Gasteiger partial charge in [0.2, 0.25) is 0 Å². The van der Waals surface area contributed by atoms with Crippen LogP contribution >= 0.6 is 0 Å². The minimum Gasteiger partial charge on any atom is -0.493 e. The lowest BCUT2D eigenvalue weighted by molar-refractivity contribution is 0.179. The second-order valence-corrected chi connectivity index (χ2v) is 6.05. The van der Waals surface area contributed by atoms with Gasteiger partial charge in [0, 0.05) is 19.7 Å². The highest BCUT2D eigenvalue weighted by Crippen LogP contribution is 2.15. The fourth-order valence-corrected chi connectivity index (χ4v) is 2.01. The van der Waals surface area contributed by atoms with Gasteiger partial charge in [-0.25, -0.2) is 4.99 Å². The van der Waals surface area contributed by atoms with Crippen LogP contribution in [0.25, 0.3) is 0 Å². The van der Waals surface area contributed by atoms with Gasteiger partial charge >= 0.3 is 0 Å². The Kier molecular flexibility index (Phi) is 9.14. The van der Waals surface area contributed by atoms with Gasteiger partial charge in [-0.2, -0.15) is 0 Å². The summed E-state index contributed by atoms with van der Waals surface area (Å²) >= 11 is 0. The van der Waals surface area contributed by atoms with Crippen LogP contribution in [0.15, 0.2) is 29.3 Å². The summed E-state index contributed by atoms with van der Waals surface area (Å²) in [5.74, 6) is 2.21. The van der Waals surface area contributed by atoms with E-state index in [0.29, 0.717) is 19.1 Å². The van der Waals surface area contributed by atoms with Gasteiger partial charge in [-0.15, -0.1) is 0 Å². The highest BCUT2D eigenvalue weighted by molar-refractivity contribution is 5.80. The summed E-state index contributed by atoms with van der Waals surface area (Å²) in [6.07, 6.45) is 0. The molecule has 1 aromatic carbocycles. The van der Waals surface area contributed by atoms with E-state index in [1.165, 1.54) is 0 Å². The lowest BCUT2D eigenvalue weighted by Gasteiger charge is -2.17. The molecule has 0 aromatic heterocycles. The number of guanidine groups is 1. The molecule has 130 valence electrons. The van der Waals surface area contributed by atoms with Crippen LogP contribution < -0.4 is 15.4 Å². The van der Waals surface area contributed by atoms with E-state index < -0.39 is 0 Å². The summed E-state index contributed by atoms with van der Waals surface area (Å²) < 4.78 is 10.9. The number of hydrogen-bond donors (Lipinski definition) is 2. The van der Waals surface area contributed by atoms with Crippen molar-refractivity contribution in [3.8, 4) is 5.75 Å². The molecule has 0 radical (unpaired) electrons. The first-order valence-corrected chi connectivity index (χ1v) is 8.30. The molecule has 23 heavy (non-hydrogen) atoms. The van der Waals surface area contributed by atoms with Gasteiger partial charge in [-0.1, -0.05) is 26.0 Å². The molecule has 0 saturated heterocycles. The van der Waals surface area contributed by atoms with Crippen molar-refractivity contribution in [3.05, 3.63) is 29.8 Å². The zero-order valence-corrected chi connectivity index (χ0v) is 15.1. The highest BCUT2D eigenvalue weighted by Gasteiger charge is 2.05. The number of aliphatic imine (C=N–C) groups is 1. The van der Waals surface area contributed by atoms with Gasteiger partial charge in [0.05, 0.1) is 19.8 Å². The summed E-state index contributed by atoms with van der Waals surface area (Å²) in [6.45, 7) is 11.2. The third-order valence-electron chi connectivity index (χ3n) is 3.05. The van der Waals surface area contributed by atoms with Crippen LogP contribution in [-0.2, 0) is 11.3 Å². The summed E-state index contributed by atoms with van der Waals surface area (Å²) in [5, 5.41) is 6.58. The average Bonchev–Trinajstić information content (AvgIpc) is 2.51. The van der Waals surface area contributed by atoms with Crippen LogP contribution in [0, 0.1) is 5.92 Å². The smallest absolute Gasteiger partial charge is 0.191 e. The van der Waals surface area contributed by atoms with Gasteiger partial charge in [0.1, 0.15) is 5.75 Å². The standard InChI is InChI=1S/C18H31N3O2/c1-6-19-18(21-15(4)13-22-5)20-11-16-8-7-9-17(10-16)23-12-14(2)3/h7-10,14-15H,6,11-13H2,1-5H3,(H2,19,20,21). The Hall–Kier alpha value is -1.75. The van der Waals surface area contributed by atoms with Crippen LogP contribution in [0.5, 0.6) is 5.75 Å². The van der Waals surface area contributed by atoms with Crippen LogP contribution in [0.1, 0.15) is 33.3 Å². The monoisotopic (exact) mass is 321 g/mol. The van der Waals surface area contributed by atoms with Gasteiger partial charge in [-0.3, -0.25) is 0 Å². The molecule has 1 unspecified atom stereocenters. The Morgan fingerprint density at radius 3 is 2.65 bits per heavy atom. The largest absolute Gasteiger partial charge is 0.493 e. The Bertz CT molecular complexity index is 475. The maximum absolute atomic E-state index is 5.76. The van der Waals surface area contributed by atoms with E-state index in [1.807, 2.05) is 18.2 Å². The average molecular weight is 321 g/mol. The van der Waals surface area contributed by atoms with Crippen LogP contribution in [0.4, 0.5) is 0 Å². The van der Waals surface area contributed by atoms with Crippen molar-refractivity contribution in [2.24, 2.45) is 10.9 Å². The number of methoxy groups -OCH3 is 1. The molecular formula is C18H31N3O2. The lowest BCUT2D eigenvalue weighted by Crippen LogP contribution is -2.43. The van der Waals surface area contributed by atoms with Gasteiger partial charge in [0.15, 0.2) is 5.96 Å². The third-order valence-corrected chi connectivity index (χ3v) is 3.05. The molecule has 5 nitrogen and oxygen atoms in total. The molecule has 0 spiro atoms. The second-order valence-electron chi connectivity index (χ2n) is 6.05. The molecule has 0 heterocycles. The first-order valence-electron chi connectivity index (χ1n) is 8.30. The molecule has 5 heteroatoms. The van der Waals surface area contributed by atoms with Crippen molar-refractivity contribution < 1.29 is 9.47 Å². The van der Waals surface area contributed by atoms with Crippen molar-refractivity contribution in [2.75, 3.05) is 26.9 Å². The second kappa shape index (κ2) is 10.9. The maximum atomic E-state index is 5.76. The van der Waals surface area contributed by atoms with Gasteiger partial charge in [-0.05, 0) is 37.5 Å². The zero-order chi connectivity index (χ0) is 17.1. The van der Waals surface area contributed by atoms with Crippen molar-refractivity contribution in [3.63, 3.8) is 0 Å². The molecule has 0 fully saturated rings. The number of benzene rings is 1.